The van der Waals surface area contributed by atoms with E-state index >= 15 is 0 Å². The van der Waals surface area contributed by atoms with Crippen molar-refractivity contribution in [3.05, 3.63) is 23.8 Å². The second kappa shape index (κ2) is 12.9. The Bertz CT molecular complexity index is 587. The first-order valence-corrected chi connectivity index (χ1v) is 8.48. The maximum Gasteiger partial charge on any atom is 0.387 e. The van der Waals surface area contributed by atoms with Gasteiger partial charge in [0, 0.05) is 39.8 Å². The van der Waals surface area contributed by atoms with Gasteiger partial charge in [0.1, 0.15) is 0 Å². The lowest BCUT2D eigenvalue weighted by molar-refractivity contribution is -0.0512. The van der Waals surface area contributed by atoms with Crippen LogP contribution in [0.4, 0.5) is 8.78 Å². The summed E-state index contributed by atoms with van der Waals surface area (Å²) in [5.74, 6) is 0.921. The summed E-state index contributed by atoms with van der Waals surface area (Å²) in [6.45, 7) is 2.59. The molecule has 1 heterocycles. The van der Waals surface area contributed by atoms with Gasteiger partial charge in [0.2, 0.25) is 0 Å². The standard InChI is InChI=1S/C17H26F2N4O3.HI/c1-20-17(21-5-6-23-7-9-25-10-8-23)22-12-13-3-4-14(24-2)15(11-13)26-16(18)19;/h3-4,11,16H,5-10,12H2,1-2H3,(H2,20,21,22);1H. The van der Waals surface area contributed by atoms with Crippen LogP contribution in [0.15, 0.2) is 23.2 Å². The fraction of sp³-hybridized carbons (Fsp3) is 0.588. The van der Waals surface area contributed by atoms with Gasteiger partial charge in [0.15, 0.2) is 17.5 Å². The van der Waals surface area contributed by atoms with Crippen molar-refractivity contribution in [3.8, 4) is 11.5 Å². The fourth-order valence-electron chi connectivity index (χ4n) is 2.58. The second-order valence-corrected chi connectivity index (χ2v) is 5.67. The Morgan fingerprint density at radius 3 is 2.63 bits per heavy atom. The molecule has 1 aliphatic rings. The molecule has 1 fully saturated rings. The van der Waals surface area contributed by atoms with Crippen molar-refractivity contribution in [2.75, 3.05) is 53.6 Å². The van der Waals surface area contributed by atoms with Crippen LogP contribution in [0.3, 0.4) is 0 Å². The molecule has 10 heteroatoms. The number of nitrogens with one attached hydrogen (secondary N) is 2. The Hall–Kier alpha value is -1.40. The summed E-state index contributed by atoms with van der Waals surface area (Å²) in [6.07, 6.45) is 0. The van der Waals surface area contributed by atoms with E-state index in [4.69, 9.17) is 9.47 Å². The van der Waals surface area contributed by atoms with Crippen LogP contribution in [-0.4, -0.2) is 71.0 Å². The molecule has 154 valence electrons. The van der Waals surface area contributed by atoms with Gasteiger partial charge in [-0.3, -0.25) is 9.89 Å². The molecule has 0 unspecified atom stereocenters. The third kappa shape index (κ3) is 8.43. The van der Waals surface area contributed by atoms with Gasteiger partial charge in [-0.2, -0.15) is 8.78 Å². The van der Waals surface area contributed by atoms with Crippen molar-refractivity contribution in [2.24, 2.45) is 4.99 Å². The lowest BCUT2D eigenvalue weighted by atomic mass is 10.2. The van der Waals surface area contributed by atoms with Crippen LogP contribution in [0.1, 0.15) is 5.56 Å². The van der Waals surface area contributed by atoms with Crippen LogP contribution >= 0.6 is 24.0 Å². The summed E-state index contributed by atoms with van der Waals surface area (Å²) in [4.78, 5) is 6.49. The number of nitrogens with zero attached hydrogens (tertiary/aromatic N) is 2. The highest BCUT2D eigenvalue weighted by atomic mass is 127. The molecule has 27 heavy (non-hydrogen) atoms. The first-order chi connectivity index (χ1) is 12.6. The van der Waals surface area contributed by atoms with Crippen molar-refractivity contribution in [2.45, 2.75) is 13.2 Å². The summed E-state index contributed by atoms with van der Waals surface area (Å²) < 4.78 is 39.8. The summed E-state index contributed by atoms with van der Waals surface area (Å²) in [5, 5.41) is 6.39. The summed E-state index contributed by atoms with van der Waals surface area (Å²) in [6, 6.07) is 4.91. The lowest BCUT2D eigenvalue weighted by Gasteiger charge is -2.26. The van der Waals surface area contributed by atoms with Gasteiger partial charge in [-0.25, -0.2) is 0 Å². The van der Waals surface area contributed by atoms with E-state index in [0.717, 1.165) is 45.0 Å². The topological polar surface area (TPSA) is 67.4 Å². The number of morpholine rings is 1. The lowest BCUT2D eigenvalue weighted by Crippen LogP contribution is -2.44. The van der Waals surface area contributed by atoms with Gasteiger partial charge < -0.3 is 24.8 Å². The normalized spacial score (nSPS) is 15.2. The first kappa shape index (κ1) is 23.6. The molecule has 0 radical (unpaired) electrons. The van der Waals surface area contributed by atoms with E-state index in [1.54, 1.807) is 19.2 Å². The average molecular weight is 500 g/mol. The van der Waals surface area contributed by atoms with E-state index in [-0.39, 0.29) is 35.5 Å². The molecule has 1 aromatic rings. The zero-order chi connectivity index (χ0) is 18.8. The Morgan fingerprint density at radius 2 is 2.00 bits per heavy atom. The SMILES string of the molecule is CN=C(NCCN1CCOCC1)NCc1ccc(OC)c(OC(F)F)c1.I. The molecule has 0 aliphatic carbocycles. The summed E-state index contributed by atoms with van der Waals surface area (Å²) >= 11 is 0. The Labute approximate surface area is 175 Å². The van der Waals surface area contributed by atoms with E-state index in [1.165, 1.54) is 13.2 Å². The third-order valence-corrected chi connectivity index (χ3v) is 3.95. The number of benzene rings is 1. The second-order valence-electron chi connectivity index (χ2n) is 5.67. The van der Waals surface area contributed by atoms with Crippen molar-refractivity contribution in [1.29, 1.82) is 0 Å². The number of guanidine groups is 1. The minimum Gasteiger partial charge on any atom is -0.493 e. The molecule has 0 atom stereocenters. The zero-order valence-corrected chi connectivity index (χ0v) is 17.9. The molecule has 0 bridgehead atoms. The van der Waals surface area contributed by atoms with E-state index in [0.29, 0.717) is 12.5 Å². The van der Waals surface area contributed by atoms with Crippen LogP contribution in [-0.2, 0) is 11.3 Å². The Morgan fingerprint density at radius 1 is 1.26 bits per heavy atom. The number of halogens is 3. The van der Waals surface area contributed by atoms with Gasteiger partial charge in [-0.05, 0) is 17.7 Å². The molecule has 2 rings (SSSR count). The van der Waals surface area contributed by atoms with Crippen LogP contribution in [0, 0.1) is 0 Å². The smallest absolute Gasteiger partial charge is 0.387 e. The molecule has 1 aromatic carbocycles. The highest BCUT2D eigenvalue weighted by Gasteiger charge is 2.12. The molecule has 0 amide bonds. The van der Waals surface area contributed by atoms with Gasteiger partial charge in [0.05, 0.1) is 20.3 Å². The van der Waals surface area contributed by atoms with Crippen molar-refractivity contribution < 1.29 is 23.0 Å². The molecule has 2 N–H and O–H groups in total. The van der Waals surface area contributed by atoms with E-state index < -0.39 is 6.61 Å². The number of aliphatic imine (C=N–C) groups is 1. The van der Waals surface area contributed by atoms with Gasteiger partial charge >= 0.3 is 6.61 Å². The van der Waals surface area contributed by atoms with Crippen molar-refractivity contribution in [1.82, 2.24) is 15.5 Å². The van der Waals surface area contributed by atoms with E-state index in [1.807, 2.05) is 0 Å². The van der Waals surface area contributed by atoms with Gasteiger partial charge in [-0.15, -0.1) is 24.0 Å². The van der Waals surface area contributed by atoms with Crippen LogP contribution in [0.25, 0.3) is 0 Å². The predicted molar refractivity (Wildman–Crippen MR) is 111 cm³/mol. The Balaban J connectivity index is 0.00000364. The third-order valence-electron chi connectivity index (χ3n) is 3.95. The Kier molecular flexibility index (Phi) is 11.3. The maximum atomic E-state index is 12.5. The van der Waals surface area contributed by atoms with Gasteiger partial charge in [-0.1, -0.05) is 6.07 Å². The molecular formula is C17H27F2IN4O3. The number of hydrogen-bond donors (Lipinski definition) is 2. The quantitative estimate of drug-likeness (QED) is 0.323. The molecule has 1 saturated heterocycles. The van der Waals surface area contributed by atoms with Crippen molar-refractivity contribution >= 4 is 29.9 Å². The zero-order valence-electron chi connectivity index (χ0n) is 15.5. The predicted octanol–water partition coefficient (Wildman–Crippen LogP) is 1.91. The van der Waals surface area contributed by atoms with Crippen molar-refractivity contribution in [3.63, 3.8) is 0 Å². The number of methoxy groups -OCH3 is 1. The number of alkyl halides is 2. The summed E-state index contributed by atoms with van der Waals surface area (Å²) in [5.41, 5.74) is 0.776. The molecular weight excluding hydrogens is 473 g/mol. The number of hydrogen-bond acceptors (Lipinski definition) is 5. The average Bonchev–Trinajstić information content (AvgIpc) is 2.65. The summed E-state index contributed by atoms with van der Waals surface area (Å²) in [7, 11) is 3.09. The van der Waals surface area contributed by atoms with E-state index in [2.05, 4.69) is 25.3 Å². The largest absolute Gasteiger partial charge is 0.493 e. The highest BCUT2D eigenvalue weighted by Crippen LogP contribution is 2.29. The van der Waals surface area contributed by atoms with Crippen LogP contribution < -0.4 is 20.1 Å². The minimum absolute atomic E-state index is 0. The molecule has 0 aromatic heterocycles. The van der Waals surface area contributed by atoms with Crippen LogP contribution in [0.2, 0.25) is 0 Å². The number of ether oxygens (including phenoxy) is 3. The minimum atomic E-state index is -2.90. The monoisotopic (exact) mass is 500 g/mol. The molecule has 0 saturated carbocycles. The first-order valence-electron chi connectivity index (χ1n) is 8.48. The molecule has 0 spiro atoms. The molecule has 1 aliphatic heterocycles. The highest BCUT2D eigenvalue weighted by molar-refractivity contribution is 14.0. The van der Waals surface area contributed by atoms with E-state index in [9.17, 15) is 8.78 Å². The number of rotatable bonds is 8. The van der Waals surface area contributed by atoms with Crippen LogP contribution in [0.5, 0.6) is 11.5 Å². The fourth-order valence-corrected chi connectivity index (χ4v) is 2.58. The van der Waals surface area contributed by atoms with Gasteiger partial charge in [0.25, 0.3) is 0 Å². The molecule has 7 nitrogen and oxygen atoms in total. The maximum absolute atomic E-state index is 12.5.